The monoisotopic (exact) mass is 312 g/mol. The van der Waals surface area contributed by atoms with Gasteiger partial charge in [0.1, 0.15) is 0 Å². The van der Waals surface area contributed by atoms with Crippen molar-refractivity contribution in [3.05, 3.63) is 65.5 Å². The summed E-state index contributed by atoms with van der Waals surface area (Å²) in [6.07, 6.45) is 0.678. The highest BCUT2D eigenvalue weighted by atomic mass is 32.2. The molecule has 112 valence electrons. The van der Waals surface area contributed by atoms with Gasteiger partial charge in [-0.1, -0.05) is 30.3 Å². The van der Waals surface area contributed by atoms with E-state index in [0.717, 1.165) is 11.3 Å². The van der Waals surface area contributed by atoms with Crippen LogP contribution < -0.4 is 5.32 Å². The van der Waals surface area contributed by atoms with Crippen molar-refractivity contribution in [3.8, 4) is 0 Å². The van der Waals surface area contributed by atoms with Gasteiger partial charge in [0.2, 0.25) is 0 Å². The number of hydrogen-bond donors (Lipinski definition) is 1. The minimum absolute atomic E-state index is 0.0127. The van der Waals surface area contributed by atoms with Gasteiger partial charge in [0.15, 0.2) is 15.5 Å². The lowest BCUT2D eigenvalue weighted by atomic mass is 9.95. The lowest BCUT2D eigenvalue weighted by molar-refractivity contribution is 0.553. The van der Waals surface area contributed by atoms with Crippen molar-refractivity contribution >= 4 is 21.2 Å². The highest BCUT2D eigenvalue weighted by molar-refractivity contribution is 7.91. The molecular formula is C17H16N2O2S. The summed E-state index contributed by atoms with van der Waals surface area (Å²) in [5, 5.41) is 3.27. The van der Waals surface area contributed by atoms with E-state index in [1.54, 1.807) is 30.3 Å². The Morgan fingerprint density at radius 1 is 1.18 bits per heavy atom. The maximum atomic E-state index is 12.5. The van der Waals surface area contributed by atoms with Crippen LogP contribution in [0.5, 0.6) is 0 Å². The van der Waals surface area contributed by atoms with Crippen LogP contribution >= 0.6 is 0 Å². The van der Waals surface area contributed by atoms with Crippen LogP contribution in [0.4, 0.5) is 11.4 Å². The third kappa shape index (κ3) is 2.97. The van der Waals surface area contributed by atoms with Gasteiger partial charge in [-0.15, -0.1) is 0 Å². The average Bonchev–Trinajstić information content (AvgIpc) is 2.54. The van der Waals surface area contributed by atoms with Gasteiger partial charge in [-0.05, 0) is 36.1 Å². The molecule has 1 unspecified atom stereocenters. The minimum atomic E-state index is -3.28. The maximum absolute atomic E-state index is 12.5. The quantitative estimate of drug-likeness (QED) is 0.885. The third-order valence-corrected chi connectivity index (χ3v) is 5.77. The number of benzene rings is 2. The molecule has 0 fully saturated rings. The Hall–Kier alpha value is -2.32. The SMILES string of the molecule is [C-]#[N+]c1ccc2c(c1)CC(CS(=O)(=O)c1ccccc1)CN2. The van der Waals surface area contributed by atoms with Crippen molar-refractivity contribution in [2.75, 3.05) is 17.6 Å². The van der Waals surface area contributed by atoms with Gasteiger partial charge in [-0.3, -0.25) is 0 Å². The second-order valence-corrected chi connectivity index (χ2v) is 7.53. The zero-order valence-electron chi connectivity index (χ0n) is 12.0. The van der Waals surface area contributed by atoms with Crippen molar-refractivity contribution in [1.82, 2.24) is 0 Å². The van der Waals surface area contributed by atoms with E-state index in [9.17, 15) is 8.42 Å². The van der Waals surface area contributed by atoms with Crippen LogP contribution in [0.2, 0.25) is 0 Å². The van der Waals surface area contributed by atoms with Gasteiger partial charge < -0.3 is 5.32 Å². The summed E-state index contributed by atoms with van der Waals surface area (Å²) in [4.78, 5) is 3.80. The van der Waals surface area contributed by atoms with E-state index < -0.39 is 9.84 Å². The van der Waals surface area contributed by atoms with E-state index in [1.807, 2.05) is 18.2 Å². The third-order valence-electron chi connectivity index (χ3n) is 3.87. The molecule has 0 radical (unpaired) electrons. The fourth-order valence-corrected chi connectivity index (χ4v) is 4.40. The van der Waals surface area contributed by atoms with E-state index in [2.05, 4.69) is 10.2 Å². The molecule has 0 saturated heterocycles. The molecule has 1 aliphatic heterocycles. The van der Waals surface area contributed by atoms with E-state index >= 15 is 0 Å². The molecule has 22 heavy (non-hydrogen) atoms. The number of anilines is 1. The number of nitrogens with zero attached hydrogens (tertiary/aromatic N) is 1. The molecular weight excluding hydrogens is 296 g/mol. The Bertz CT molecular complexity index is 823. The van der Waals surface area contributed by atoms with Crippen molar-refractivity contribution in [1.29, 1.82) is 0 Å². The first-order valence-corrected chi connectivity index (χ1v) is 8.76. The topological polar surface area (TPSA) is 50.5 Å². The molecule has 1 atom stereocenters. The van der Waals surface area contributed by atoms with Gasteiger partial charge in [0.25, 0.3) is 0 Å². The molecule has 3 rings (SSSR count). The first-order valence-electron chi connectivity index (χ1n) is 7.10. The summed E-state index contributed by atoms with van der Waals surface area (Å²) < 4.78 is 24.9. The zero-order valence-corrected chi connectivity index (χ0v) is 12.8. The first kappa shape index (κ1) is 14.6. The summed E-state index contributed by atoms with van der Waals surface area (Å²) in [5.41, 5.74) is 2.61. The highest BCUT2D eigenvalue weighted by Crippen LogP contribution is 2.30. The molecule has 0 aliphatic carbocycles. The molecule has 1 heterocycles. The maximum Gasteiger partial charge on any atom is 0.187 e. The minimum Gasteiger partial charge on any atom is -0.385 e. The van der Waals surface area contributed by atoms with E-state index in [1.165, 1.54) is 0 Å². The molecule has 0 saturated carbocycles. The Labute approximate surface area is 130 Å². The van der Waals surface area contributed by atoms with Crippen LogP contribution in [0.3, 0.4) is 0 Å². The van der Waals surface area contributed by atoms with Gasteiger partial charge >= 0.3 is 0 Å². The summed E-state index contributed by atoms with van der Waals surface area (Å²) in [6, 6.07) is 14.1. The Morgan fingerprint density at radius 2 is 1.95 bits per heavy atom. The molecule has 5 heteroatoms. The van der Waals surface area contributed by atoms with Crippen molar-refractivity contribution in [3.63, 3.8) is 0 Å². The Kier molecular flexibility index (Phi) is 3.86. The standard InChI is InChI=1S/C17H16N2O2S/c1-18-15-7-8-17-14(10-15)9-13(11-19-17)12-22(20,21)16-5-3-2-4-6-16/h2-8,10,13,19H,9,11-12H2. The second kappa shape index (κ2) is 5.82. The summed E-state index contributed by atoms with van der Waals surface area (Å²) in [7, 11) is -3.28. The summed E-state index contributed by atoms with van der Waals surface area (Å²) in [6.45, 7) is 7.71. The number of rotatable bonds is 3. The lowest BCUT2D eigenvalue weighted by Crippen LogP contribution is -2.29. The summed E-state index contributed by atoms with van der Waals surface area (Å²) >= 11 is 0. The van der Waals surface area contributed by atoms with Crippen LogP contribution in [-0.4, -0.2) is 20.7 Å². The molecule has 1 N–H and O–H groups in total. The van der Waals surface area contributed by atoms with Crippen LogP contribution in [0.25, 0.3) is 4.85 Å². The first-order chi connectivity index (χ1) is 10.6. The number of sulfone groups is 1. The van der Waals surface area contributed by atoms with E-state index in [4.69, 9.17) is 6.57 Å². The van der Waals surface area contributed by atoms with Crippen molar-refractivity contribution < 1.29 is 8.42 Å². The summed E-state index contributed by atoms with van der Waals surface area (Å²) in [5.74, 6) is 0.129. The molecule has 0 bridgehead atoms. The molecule has 1 aliphatic rings. The molecule has 0 spiro atoms. The lowest BCUT2D eigenvalue weighted by Gasteiger charge is -2.26. The number of nitrogens with one attached hydrogen (secondary N) is 1. The highest BCUT2D eigenvalue weighted by Gasteiger charge is 2.25. The normalized spacial score (nSPS) is 17.1. The van der Waals surface area contributed by atoms with Crippen LogP contribution in [-0.2, 0) is 16.3 Å². The van der Waals surface area contributed by atoms with Crippen molar-refractivity contribution in [2.24, 2.45) is 5.92 Å². The van der Waals surface area contributed by atoms with Gasteiger partial charge in [0, 0.05) is 12.2 Å². The van der Waals surface area contributed by atoms with Crippen molar-refractivity contribution in [2.45, 2.75) is 11.3 Å². The zero-order chi connectivity index (χ0) is 15.6. The van der Waals surface area contributed by atoms with Crippen LogP contribution in [0.1, 0.15) is 5.56 Å². The molecule has 2 aromatic rings. The van der Waals surface area contributed by atoms with E-state index in [0.29, 0.717) is 23.5 Å². The fraction of sp³-hybridized carbons (Fsp3) is 0.235. The number of hydrogen-bond acceptors (Lipinski definition) is 3. The Morgan fingerprint density at radius 3 is 2.68 bits per heavy atom. The predicted octanol–water partition coefficient (Wildman–Crippen LogP) is 3.30. The fourth-order valence-electron chi connectivity index (χ4n) is 2.78. The largest absolute Gasteiger partial charge is 0.385 e. The molecule has 0 amide bonds. The smallest absolute Gasteiger partial charge is 0.187 e. The average molecular weight is 312 g/mol. The Balaban J connectivity index is 1.79. The van der Waals surface area contributed by atoms with Crippen LogP contribution in [0, 0.1) is 12.5 Å². The number of fused-ring (bicyclic) bond motifs is 1. The van der Waals surface area contributed by atoms with Gasteiger partial charge in [-0.2, -0.15) is 0 Å². The van der Waals surface area contributed by atoms with Gasteiger partial charge in [0.05, 0.1) is 17.2 Å². The predicted molar refractivity (Wildman–Crippen MR) is 86.9 cm³/mol. The van der Waals surface area contributed by atoms with Gasteiger partial charge in [-0.25, -0.2) is 13.3 Å². The second-order valence-electron chi connectivity index (χ2n) is 5.50. The molecule has 4 nitrogen and oxygen atoms in total. The molecule has 0 aromatic heterocycles. The van der Waals surface area contributed by atoms with E-state index in [-0.39, 0.29) is 11.7 Å². The molecule has 2 aromatic carbocycles. The van der Waals surface area contributed by atoms with Crippen LogP contribution in [0.15, 0.2) is 53.4 Å².